The summed E-state index contributed by atoms with van der Waals surface area (Å²) in [6.07, 6.45) is 0. The zero-order valence-corrected chi connectivity index (χ0v) is 12.0. The molecule has 0 saturated carbocycles. The summed E-state index contributed by atoms with van der Waals surface area (Å²) in [6.45, 7) is 0.734. The lowest BCUT2D eigenvalue weighted by molar-refractivity contribution is 0.722. The molecule has 0 aliphatic carbocycles. The highest BCUT2D eigenvalue weighted by Crippen LogP contribution is 2.19. The van der Waals surface area contributed by atoms with Crippen LogP contribution in [0.4, 0.5) is 0 Å². The quantitative estimate of drug-likeness (QED) is 0.684. The van der Waals surface area contributed by atoms with Crippen LogP contribution in [0.1, 0.15) is 5.56 Å². The van der Waals surface area contributed by atoms with Gasteiger partial charge in [0.25, 0.3) is 0 Å². The highest BCUT2D eigenvalue weighted by atomic mass is 32.1. The van der Waals surface area contributed by atoms with Crippen molar-refractivity contribution in [3.63, 3.8) is 0 Å². The predicted molar refractivity (Wildman–Crippen MR) is 83.0 cm³/mol. The van der Waals surface area contributed by atoms with Crippen LogP contribution in [0.5, 0.6) is 0 Å². The number of hydrogen-bond acceptors (Lipinski definition) is 2. The molecule has 100 valence electrons. The maximum absolute atomic E-state index is 5.48. The van der Waals surface area contributed by atoms with Crippen molar-refractivity contribution in [1.29, 1.82) is 0 Å². The summed E-state index contributed by atoms with van der Waals surface area (Å²) in [6, 6.07) is 20.4. The molecule has 0 spiro atoms. The van der Waals surface area contributed by atoms with Crippen molar-refractivity contribution in [2.24, 2.45) is 7.05 Å². The third-order valence-electron chi connectivity index (χ3n) is 3.22. The summed E-state index contributed by atoms with van der Waals surface area (Å²) < 4.78 is 4.55. The van der Waals surface area contributed by atoms with Crippen molar-refractivity contribution in [2.45, 2.75) is 6.54 Å². The Balaban J connectivity index is 2.09. The lowest BCUT2D eigenvalue weighted by Crippen LogP contribution is -2.02. The maximum Gasteiger partial charge on any atom is 0.198 e. The number of hydrogen-bond donors (Lipinski definition) is 0. The summed E-state index contributed by atoms with van der Waals surface area (Å²) >= 11 is 5.48. The van der Waals surface area contributed by atoms with Gasteiger partial charge in [0.2, 0.25) is 0 Å². The molecule has 4 heteroatoms. The number of nitrogens with zero attached hydrogens (tertiary/aromatic N) is 3. The van der Waals surface area contributed by atoms with Gasteiger partial charge in [-0.15, -0.1) is 0 Å². The normalized spacial score (nSPS) is 10.7. The van der Waals surface area contributed by atoms with Crippen LogP contribution in [-0.4, -0.2) is 14.3 Å². The molecule has 0 aliphatic heterocycles. The minimum absolute atomic E-state index is 0.729. The molecule has 0 atom stereocenters. The van der Waals surface area contributed by atoms with Crippen LogP contribution in [0, 0.1) is 4.77 Å². The first-order chi connectivity index (χ1) is 9.75. The van der Waals surface area contributed by atoms with E-state index in [1.807, 2.05) is 43.4 Å². The molecule has 3 aromatic rings. The summed E-state index contributed by atoms with van der Waals surface area (Å²) in [5.41, 5.74) is 2.30. The molecule has 1 aromatic heterocycles. The first kappa shape index (κ1) is 12.8. The van der Waals surface area contributed by atoms with Crippen LogP contribution >= 0.6 is 12.2 Å². The second-order valence-electron chi connectivity index (χ2n) is 4.67. The van der Waals surface area contributed by atoms with Gasteiger partial charge in [0.1, 0.15) is 0 Å². The van der Waals surface area contributed by atoms with Crippen LogP contribution < -0.4 is 0 Å². The van der Waals surface area contributed by atoms with Gasteiger partial charge < -0.3 is 0 Å². The molecule has 0 bridgehead atoms. The molecular formula is C16H15N3S. The van der Waals surface area contributed by atoms with Crippen LogP contribution in [0.2, 0.25) is 0 Å². The molecule has 0 amide bonds. The topological polar surface area (TPSA) is 22.8 Å². The molecule has 0 saturated heterocycles. The van der Waals surface area contributed by atoms with Gasteiger partial charge in [-0.1, -0.05) is 60.7 Å². The Bertz CT molecular complexity index is 757. The number of rotatable bonds is 3. The Morgan fingerprint density at radius 3 is 2.20 bits per heavy atom. The van der Waals surface area contributed by atoms with E-state index in [9.17, 15) is 0 Å². The van der Waals surface area contributed by atoms with E-state index in [1.165, 1.54) is 5.56 Å². The van der Waals surface area contributed by atoms with E-state index in [1.54, 1.807) is 4.68 Å². The average molecular weight is 281 g/mol. The van der Waals surface area contributed by atoms with Crippen molar-refractivity contribution in [2.75, 3.05) is 0 Å². The molecule has 0 N–H and O–H groups in total. The Kier molecular flexibility index (Phi) is 3.48. The first-order valence-electron chi connectivity index (χ1n) is 6.49. The lowest BCUT2D eigenvalue weighted by Gasteiger charge is -2.06. The smallest absolute Gasteiger partial charge is 0.198 e. The summed E-state index contributed by atoms with van der Waals surface area (Å²) in [7, 11) is 1.89. The van der Waals surface area contributed by atoms with Gasteiger partial charge in [-0.05, 0) is 17.8 Å². The standard InChI is InChI=1S/C16H15N3S/c1-18-16(20)19(12-13-8-4-2-5-9-13)15(17-18)14-10-6-3-7-11-14/h2-11H,12H2,1H3. The highest BCUT2D eigenvalue weighted by Gasteiger charge is 2.10. The van der Waals surface area contributed by atoms with Gasteiger partial charge in [-0.3, -0.25) is 4.57 Å². The van der Waals surface area contributed by atoms with Crippen molar-refractivity contribution < 1.29 is 0 Å². The largest absolute Gasteiger partial charge is 0.295 e. The van der Waals surface area contributed by atoms with E-state index >= 15 is 0 Å². The van der Waals surface area contributed by atoms with Crippen molar-refractivity contribution in [1.82, 2.24) is 14.3 Å². The van der Waals surface area contributed by atoms with Crippen molar-refractivity contribution in [3.8, 4) is 11.4 Å². The number of aromatic nitrogens is 3. The van der Waals surface area contributed by atoms with E-state index in [0.29, 0.717) is 0 Å². The maximum atomic E-state index is 5.48. The van der Waals surface area contributed by atoms with Gasteiger partial charge in [0.15, 0.2) is 10.6 Å². The zero-order chi connectivity index (χ0) is 13.9. The average Bonchev–Trinajstić information content (AvgIpc) is 2.78. The monoisotopic (exact) mass is 281 g/mol. The van der Waals surface area contributed by atoms with Gasteiger partial charge in [0.05, 0.1) is 6.54 Å². The van der Waals surface area contributed by atoms with E-state index < -0.39 is 0 Å². The summed E-state index contributed by atoms with van der Waals surface area (Å²) in [4.78, 5) is 0. The predicted octanol–water partition coefficient (Wildman–Crippen LogP) is 3.67. The number of aryl methyl sites for hydroxylation is 1. The molecule has 2 aromatic carbocycles. The second-order valence-corrected chi connectivity index (χ2v) is 5.03. The van der Waals surface area contributed by atoms with Crippen LogP contribution in [0.15, 0.2) is 60.7 Å². The van der Waals surface area contributed by atoms with Crippen molar-refractivity contribution in [3.05, 3.63) is 71.0 Å². The Morgan fingerprint density at radius 2 is 1.55 bits per heavy atom. The van der Waals surface area contributed by atoms with E-state index in [4.69, 9.17) is 12.2 Å². The highest BCUT2D eigenvalue weighted by molar-refractivity contribution is 7.71. The third-order valence-corrected chi connectivity index (χ3v) is 3.71. The molecule has 0 fully saturated rings. The Hall–Kier alpha value is -2.20. The minimum Gasteiger partial charge on any atom is -0.295 e. The van der Waals surface area contributed by atoms with Gasteiger partial charge in [-0.2, -0.15) is 5.10 Å². The molecular weight excluding hydrogens is 266 g/mol. The van der Waals surface area contributed by atoms with Crippen LogP contribution in [0.3, 0.4) is 0 Å². The lowest BCUT2D eigenvalue weighted by atomic mass is 10.2. The summed E-state index contributed by atoms with van der Waals surface area (Å²) in [5.74, 6) is 0.905. The molecule has 0 unspecified atom stereocenters. The molecule has 1 heterocycles. The molecule has 0 aliphatic rings. The second kappa shape index (κ2) is 5.43. The first-order valence-corrected chi connectivity index (χ1v) is 6.90. The number of benzene rings is 2. The van der Waals surface area contributed by atoms with Gasteiger partial charge >= 0.3 is 0 Å². The fraction of sp³-hybridized carbons (Fsp3) is 0.125. The Labute approximate surface area is 123 Å². The van der Waals surface area contributed by atoms with Crippen LogP contribution in [-0.2, 0) is 13.6 Å². The van der Waals surface area contributed by atoms with E-state index in [2.05, 4.69) is 33.9 Å². The van der Waals surface area contributed by atoms with Gasteiger partial charge in [-0.25, -0.2) is 4.68 Å². The molecule has 0 radical (unpaired) electrons. The van der Waals surface area contributed by atoms with E-state index in [-0.39, 0.29) is 0 Å². The minimum atomic E-state index is 0.729. The molecule has 3 nitrogen and oxygen atoms in total. The fourth-order valence-electron chi connectivity index (χ4n) is 2.21. The van der Waals surface area contributed by atoms with Crippen molar-refractivity contribution >= 4 is 12.2 Å². The Morgan fingerprint density at radius 1 is 0.950 bits per heavy atom. The SMILES string of the molecule is Cn1nc(-c2ccccc2)n(Cc2ccccc2)c1=S. The van der Waals surface area contributed by atoms with E-state index in [0.717, 1.165) is 22.7 Å². The molecule has 3 rings (SSSR count). The summed E-state index contributed by atoms with van der Waals surface area (Å²) in [5, 5.41) is 4.55. The van der Waals surface area contributed by atoms with Gasteiger partial charge in [0, 0.05) is 12.6 Å². The molecule has 20 heavy (non-hydrogen) atoms. The fourth-order valence-corrected chi connectivity index (χ4v) is 2.41. The van der Waals surface area contributed by atoms with Crippen LogP contribution in [0.25, 0.3) is 11.4 Å². The zero-order valence-electron chi connectivity index (χ0n) is 11.2. The third kappa shape index (κ3) is 2.42.